The number of sulfonamides is 1. The lowest BCUT2D eigenvalue weighted by Crippen LogP contribution is -2.31. The molecule has 19 heavy (non-hydrogen) atoms. The second-order valence-corrected chi connectivity index (χ2v) is 6.35. The lowest BCUT2D eigenvalue weighted by atomic mass is 10.4. The Hall–Kier alpha value is -1.91. The Morgan fingerprint density at radius 2 is 2.05 bits per heavy atom. The molecule has 0 aliphatic heterocycles. The summed E-state index contributed by atoms with van der Waals surface area (Å²) in [5, 5.41) is 10.7. The van der Waals surface area contributed by atoms with Gasteiger partial charge in [0, 0.05) is 18.1 Å². The van der Waals surface area contributed by atoms with Gasteiger partial charge in [0.1, 0.15) is 0 Å². The van der Waals surface area contributed by atoms with Gasteiger partial charge in [0.05, 0.1) is 17.4 Å². The van der Waals surface area contributed by atoms with Crippen LogP contribution in [0.3, 0.4) is 0 Å². The Morgan fingerprint density at radius 3 is 2.63 bits per heavy atom. The molecule has 0 saturated carbocycles. The van der Waals surface area contributed by atoms with Crippen molar-refractivity contribution in [2.75, 3.05) is 10.8 Å². The van der Waals surface area contributed by atoms with Crippen LogP contribution in [0, 0.1) is 11.3 Å². The molecule has 0 atom stereocenters. The quantitative estimate of drug-likeness (QED) is 0.847. The normalized spacial score (nSPS) is 10.9. The highest BCUT2D eigenvalue weighted by Gasteiger charge is 2.26. The van der Waals surface area contributed by atoms with Crippen LogP contribution in [0.2, 0.25) is 0 Å². The molecule has 0 aliphatic rings. The van der Waals surface area contributed by atoms with Gasteiger partial charge in [-0.15, -0.1) is 11.3 Å². The van der Waals surface area contributed by atoms with Crippen LogP contribution in [0.5, 0.6) is 0 Å². The van der Waals surface area contributed by atoms with Gasteiger partial charge in [-0.25, -0.2) is 17.7 Å². The van der Waals surface area contributed by atoms with Crippen molar-refractivity contribution in [3.63, 3.8) is 0 Å². The van der Waals surface area contributed by atoms with E-state index in [0.29, 0.717) is 5.13 Å². The molecular weight excluding hydrogens is 282 g/mol. The predicted molar refractivity (Wildman–Crippen MR) is 73.3 cm³/mol. The van der Waals surface area contributed by atoms with E-state index in [9.17, 15) is 8.42 Å². The van der Waals surface area contributed by atoms with Gasteiger partial charge in [-0.1, -0.05) is 18.2 Å². The van der Waals surface area contributed by atoms with Crippen LogP contribution < -0.4 is 4.31 Å². The highest BCUT2D eigenvalue weighted by Crippen LogP contribution is 2.25. The number of rotatable bonds is 5. The molecule has 0 unspecified atom stereocenters. The van der Waals surface area contributed by atoms with Crippen molar-refractivity contribution < 1.29 is 8.42 Å². The van der Waals surface area contributed by atoms with E-state index in [2.05, 4.69) is 4.98 Å². The van der Waals surface area contributed by atoms with E-state index in [1.54, 1.807) is 29.8 Å². The maximum Gasteiger partial charge on any atom is 0.266 e. The SMILES string of the molecule is N#CCCN(c1nccs1)S(=O)(=O)c1ccccc1. The molecule has 2 rings (SSSR count). The van der Waals surface area contributed by atoms with Crippen molar-refractivity contribution in [1.82, 2.24) is 4.98 Å². The molecule has 0 aliphatic carbocycles. The van der Waals surface area contributed by atoms with Crippen molar-refractivity contribution in [3.05, 3.63) is 41.9 Å². The monoisotopic (exact) mass is 293 g/mol. The van der Waals surface area contributed by atoms with Gasteiger partial charge in [-0.2, -0.15) is 5.26 Å². The molecular formula is C12H11N3O2S2. The van der Waals surface area contributed by atoms with E-state index >= 15 is 0 Å². The van der Waals surface area contributed by atoms with Crippen LogP contribution in [-0.2, 0) is 10.0 Å². The van der Waals surface area contributed by atoms with Gasteiger partial charge in [-0.05, 0) is 12.1 Å². The van der Waals surface area contributed by atoms with Crippen molar-refractivity contribution in [2.45, 2.75) is 11.3 Å². The molecule has 7 heteroatoms. The van der Waals surface area contributed by atoms with Crippen molar-refractivity contribution in [2.24, 2.45) is 0 Å². The van der Waals surface area contributed by atoms with Gasteiger partial charge >= 0.3 is 0 Å². The molecule has 0 N–H and O–H groups in total. The zero-order valence-corrected chi connectivity index (χ0v) is 11.6. The lowest BCUT2D eigenvalue weighted by molar-refractivity contribution is 0.591. The summed E-state index contributed by atoms with van der Waals surface area (Å²) in [7, 11) is -3.67. The zero-order chi connectivity index (χ0) is 13.7. The highest BCUT2D eigenvalue weighted by molar-refractivity contribution is 7.93. The molecule has 0 radical (unpaired) electrons. The lowest BCUT2D eigenvalue weighted by Gasteiger charge is -2.20. The summed E-state index contributed by atoms with van der Waals surface area (Å²) in [6, 6.07) is 10.1. The molecule has 5 nitrogen and oxygen atoms in total. The summed E-state index contributed by atoms with van der Waals surface area (Å²) < 4.78 is 26.2. The first-order valence-corrected chi connectivity index (χ1v) is 7.82. The molecule has 1 aromatic carbocycles. The molecule has 2 aromatic rings. The van der Waals surface area contributed by atoms with Crippen LogP contribution in [-0.4, -0.2) is 19.9 Å². The number of thiazole rings is 1. The Labute approximate surface area is 115 Å². The van der Waals surface area contributed by atoms with Crippen molar-refractivity contribution >= 4 is 26.5 Å². The van der Waals surface area contributed by atoms with Gasteiger partial charge < -0.3 is 0 Å². The first-order chi connectivity index (χ1) is 9.16. The second-order valence-electron chi connectivity index (χ2n) is 3.61. The van der Waals surface area contributed by atoms with Crippen LogP contribution >= 0.6 is 11.3 Å². The largest absolute Gasteiger partial charge is 0.266 e. The zero-order valence-electron chi connectivity index (χ0n) is 9.93. The Bertz CT molecular complexity index is 661. The van der Waals surface area contributed by atoms with Crippen molar-refractivity contribution in [1.29, 1.82) is 5.26 Å². The first-order valence-electron chi connectivity index (χ1n) is 5.50. The third kappa shape index (κ3) is 2.92. The highest BCUT2D eigenvalue weighted by atomic mass is 32.2. The van der Waals surface area contributed by atoms with E-state index in [1.807, 2.05) is 6.07 Å². The van der Waals surface area contributed by atoms with Gasteiger partial charge in [-0.3, -0.25) is 0 Å². The number of anilines is 1. The Morgan fingerprint density at radius 1 is 1.32 bits per heavy atom. The minimum atomic E-state index is -3.67. The van der Waals surface area contributed by atoms with E-state index in [-0.39, 0.29) is 17.9 Å². The Balaban J connectivity index is 2.41. The summed E-state index contributed by atoms with van der Waals surface area (Å²) >= 11 is 1.23. The molecule has 0 amide bonds. The fourth-order valence-corrected chi connectivity index (χ4v) is 3.87. The third-order valence-corrected chi connectivity index (χ3v) is 5.10. The molecule has 98 valence electrons. The fourth-order valence-electron chi connectivity index (χ4n) is 1.53. The standard InChI is InChI=1S/C12H11N3O2S2/c13-7-4-9-15(12-14-8-10-18-12)19(16,17)11-5-2-1-3-6-11/h1-3,5-6,8,10H,4,9H2. The number of aromatic nitrogens is 1. The maximum absolute atomic E-state index is 12.5. The predicted octanol–water partition coefficient (Wildman–Crippen LogP) is 2.25. The summed E-state index contributed by atoms with van der Waals surface area (Å²) in [5.41, 5.74) is 0. The number of benzene rings is 1. The smallest absolute Gasteiger partial charge is 0.240 e. The molecule has 0 fully saturated rings. The molecule has 0 spiro atoms. The summed E-state index contributed by atoms with van der Waals surface area (Å²) in [6.07, 6.45) is 1.66. The second kappa shape index (κ2) is 5.82. The summed E-state index contributed by atoms with van der Waals surface area (Å²) in [6.45, 7) is 0.0985. The number of hydrogen-bond acceptors (Lipinski definition) is 5. The average molecular weight is 293 g/mol. The van der Waals surface area contributed by atoms with E-state index in [4.69, 9.17) is 5.26 Å². The van der Waals surface area contributed by atoms with Gasteiger partial charge in [0.25, 0.3) is 10.0 Å². The van der Waals surface area contributed by atoms with E-state index in [0.717, 1.165) is 0 Å². The molecule has 1 aromatic heterocycles. The van der Waals surface area contributed by atoms with Crippen LogP contribution in [0.15, 0.2) is 46.8 Å². The maximum atomic E-state index is 12.5. The molecule has 1 heterocycles. The van der Waals surface area contributed by atoms with E-state index < -0.39 is 10.0 Å². The van der Waals surface area contributed by atoms with Crippen LogP contribution in [0.1, 0.15) is 6.42 Å². The topological polar surface area (TPSA) is 74.1 Å². The van der Waals surface area contributed by atoms with Gasteiger partial charge in [0.2, 0.25) is 0 Å². The minimum absolute atomic E-state index is 0.0985. The number of hydrogen-bond donors (Lipinski definition) is 0. The number of nitrogens with zero attached hydrogens (tertiary/aromatic N) is 3. The molecule has 0 saturated heterocycles. The molecule has 0 bridgehead atoms. The van der Waals surface area contributed by atoms with E-state index in [1.165, 1.54) is 27.8 Å². The summed E-state index contributed by atoms with van der Waals surface area (Å²) in [4.78, 5) is 4.21. The van der Waals surface area contributed by atoms with Crippen LogP contribution in [0.4, 0.5) is 5.13 Å². The summed E-state index contributed by atoms with van der Waals surface area (Å²) in [5.74, 6) is 0. The Kier molecular flexibility index (Phi) is 4.14. The average Bonchev–Trinajstić information content (AvgIpc) is 2.94. The minimum Gasteiger partial charge on any atom is -0.240 e. The third-order valence-electron chi connectivity index (χ3n) is 2.39. The fraction of sp³-hybridized carbons (Fsp3) is 0.167. The van der Waals surface area contributed by atoms with Gasteiger partial charge in [0.15, 0.2) is 5.13 Å². The number of nitriles is 1. The first kappa shape index (κ1) is 13.5. The van der Waals surface area contributed by atoms with Crippen molar-refractivity contribution in [3.8, 4) is 6.07 Å². The van der Waals surface area contributed by atoms with Crippen LogP contribution in [0.25, 0.3) is 0 Å².